The molecule has 3 heterocycles. The number of benzene rings is 1. The second-order valence-electron chi connectivity index (χ2n) is 6.27. The van der Waals surface area contributed by atoms with Gasteiger partial charge in [-0.05, 0) is 32.0 Å². The van der Waals surface area contributed by atoms with Crippen molar-refractivity contribution in [1.82, 2.24) is 14.5 Å². The summed E-state index contributed by atoms with van der Waals surface area (Å²) in [7, 11) is 0. The molecule has 0 atom stereocenters. The zero-order chi connectivity index (χ0) is 20.5. The van der Waals surface area contributed by atoms with Gasteiger partial charge in [0, 0.05) is 5.56 Å². The fourth-order valence-corrected chi connectivity index (χ4v) is 3.01. The molecule has 29 heavy (non-hydrogen) atoms. The summed E-state index contributed by atoms with van der Waals surface area (Å²) in [5.41, 5.74) is 0.574. The highest BCUT2D eigenvalue weighted by Crippen LogP contribution is 2.23. The Balaban J connectivity index is 1.71. The van der Waals surface area contributed by atoms with E-state index < -0.39 is 17.3 Å². The largest absolute Gasteiger partial charge is 0.462 e. The minimum Gasteiger partial charge on any atom is -0.462 e. The normalized spacial score (nSPS) is 11.1. The summed E-state index contributed by atoms with van der Waals surface area (Å²) in [6.45, 7) is 3.46. The number of carbonyl (C=O) groups excluding carboxylic acids is 1. The maximum Gasteiger partial charge on any atom is 0.342 e. The molecular formula is C20H16FN3O5. The van der Waals surface area contributed by atoms with Crippen molar-refractivity contribution < 1.29 is 22.8 Å². The molecule has 0 amide bonds. The number of oxazole rings is 1. The van der Waals surface area contributed by atoms with Crippen LogP contribution in [0.15, 0.2) is 50.5 Å². The predicted octanol–water partition coefficient (Wildman–Crippen LogP) is 3.32. The van der Waals surface area contributed by atoms with E-state index >= 15 is 0 Å². The van der Waals surface area contributed by atoms with E-state index in [1.54, 1.807) is 26.0 Å². The van der Waals surface area contributed by atoms with E-state index in [1.165, 1.54) is 29.3 Å². The summed E-state index contributed by atoms with van der Waals surface area (Å²) in [6.07, 6.45) is 2.68. The molecule has 0 saturated carbocycles. The van der Waals surface area contributed by atoms with E-state index in [2.05, 4.69) is 9.97 Å². The van der Waals surface area contributed by atoms with Crippen molar-refractivity contribution in [2.75, 3.05) is 6.61 Å². The number of rotatable bonds is 5. The smallest absolute Gasteiger partial charge is 0.342 e. The van der Waals surface area contributed by atoms with Gasteiger partial charge in [-0.3, -0.25) is 9.36 Å². The van der Waals surface area contributed by atoms with Gasteiger partial charge in [-0.25, -0.2) is 19.2 Å². The molecular weight excluding hydrogens is 381 g/mol. The molecule has 4 rings (SSSR count). The van der Waals surface area contributed by atoms with Crippen molar-refractivity contribution in [3.05, 3.63) is 70.0 Å². The van der Waals surface area contributed by atoms with Gasteiger partial charge in [0.1, 0.15) is 35.1 Å². The van der Waals surface area contributed by atoms with Gasteiger partial charge in [-0.15, -0.1) is 0 Å². The van der Waals surface area contributed by atoms with Gasteiger partial charge in [-0.2, -0.15) is 0 Å². The summed E-state index contributed by atoms with van der Waals surface area (Å²) < 4.78 is 30.5. The number of fused-ring (bicyclic) bond motifs is 1. The second-order valence-corrected chi connectivity index (χ2v) is 6.27. The minimum atomic E-state index is -0.643. The molecule has 148 valence electrons. The van der Waals surface area contributed by atoms with Gasteiger partial charge in [0.25, 0.3) is 5.56 Å². The topological polar surface area (TPSA) is 100 Å². The zero-order valence-corrected chi connectivity index (χ0v) is 15.6. The summed E-state index contributed by atoms with van der Waals surface area (Å²) >= 11 is 0. The first-order valence-corrected chi connectivity index (χ1v) is 8.84. The van der Waals surface area contributed by atoms with Gasteiger partial charge >= 0.3 is 5.97 Å². The maximum absolute atomic E-state index is 13.4. The molecule has 0 N–H and O–H groups in total. The predicted molar refractivity (Wildman–Crippen MR) is 100.0 cm³/mol. The Kier molecular flexibility index (Phi) is 4.71. The van der Waals surface area contributed by atoms with E-state index in [0.717, 1.165) is 0 Å². The number of carbonyl (C=O) groups is 1. The molecule has 0 bridgehead atoms. The number of ether oxygens (including phenoxy) is 1. The Bertz CT molecular complexity index is 1270. The van der Waals surface area contributed by atoms with E-state index in [0.29, 0.717) is 11.3 Å². The summed E-state index contributed by atoms with van der Waals surface area (Å²) in [4.78, 5) is 33.6. The van der Waals surface area contributed by atoms with Crippen molar-refractivity contribution in [3.63, 3.8) is 0 Å². The minimum absolute atomic E-state index is 0.0487. The third-order valence-corrected chi connectivity index (χ3v) is 4.29. The van der Waals surface area contributed by atoms with E-state index in [-0.39, 0.29) is 41.5 Å². The molecule has 1 aromatic carbocycles. The number of aromatic nitrogens is 3. The quantitative estimate of drug-likeness (QED) is 0.476. The number of hydrogen-bond acceptors (Lipinski definition) is 7. The van der Waals surface area contributed by atoms with E-state index in [1.807, 2.05) is 0 Å². The van der Waals surface area contributed by atoms with Crippen LogP contribution in [0.3, 0.4) is 0 Å². The van der Waals surface area contributed by atoms with Crippen molar-refractivity contribution >= 4 is 17.1 Å². The first-order valence-electron chi connectivity index (χ1n) is 8.84. The molecule has 3 aromatic heterocycles. The van der Waals surface area contributed by atoms with Crippen LogP contribution in [0.4, 0.5) is 4.39 Å². The van der Waals surface area contributed by atoms with Crippen LogP contribution in [0.2, 0.25) is 0 Å². The summed E-state index contributed by atoms with van der Waals surface area (Å²) in [6, 6.07) is 5.84. The van der Waals surface area contributed by atoms with Crippen LogP contribution >= 0.6 is 0 Å². The number of halogens is 1. The standard InChI is InChI=1S/C20H16FN3O5/c1-3-27-20(26)15-11(2)29-18-16(15)19(25)24(10-22-18)8-14-9-28-17(23-14)12-5-4-6-13(21)7-12/h4-7,9-10H,3,8H2,1-2H3. The highest BCUT2D eigenvalue weighted by molar-refractivity contribution is 6.03. The second kappa shape index (κ2) is 7.34. The Morgan fingerprint density at radius 1 is 1.34 bits per heavy atom. The number of esters is 1. The third-order valence-electron chi connectivity index (χ3n) is 4.29. The van der Waals surface area contributed by atoms with Gasteiger partial charge in [0.2, 0.25) is 11.6 Å². The lowest BCUT2D eigenvalue weighted by Crippen LogP contribution is -2.22. The highest BCUT2D eigenvalue weighted by Gasteiger charge is 2.24. The fraction of sp³-hybridized carbons (Fsp3) is 0.200. The first kappa shape index (κ1) is 18.6. The van der Waals surface area contributed by atoms with Crippen LogP contribution < -0.4 is 5.56 Å². The fourth-order valence-electron chi connectivity index (χ4n) is 3.01. The van der Waals surface area contributed by atoms with E-state index in [4.69, 9.17) is 13.6 Å². The Morgan fingerprint density at radius 2 is 2.17 bits per heavy atom. The molecule has 0 aliphatic rings. The van der Waals surface area contributed by atoms with Gasteiger partial charge in [-0.1, -0.05) is 6.07 Å². The van der Waals surface area contributed by atoms with Crippen LogP contribution in [-0.2, 0) is 11.3 Å². The molecule has 0 fully saturated rings. The number of furan rings is 1. The van der Waals surface area contributed by atoms with Gasteiger partial charge in [0.15, 0.2) is 0 Å². The molecule has 8 nitrogen and oxygen atoms in total. The van der Waals surface area contributed by atoms with Crippen LogP contribution in [0, 0.1) is 12.7 Å². The molecule has 0 spiro atoms. The van der Waals surface area contributed by atoms with Crippen LogP contribution in [-0.4, -0.2) is 27.1 Å². The Labute approximate surface area is 163 Å². The lowest BCUT2D eigenvalue weighted by molar-refractivity contribution is 0.0526. The Hall–Kier alpha value is -3.75. The molecule has 4 aromatic rings. The SMILES string of the molecule is CCOC(=O)c1c(C)oc2ncn(Cc3coc(-c4cccc(F)c4)n3)c(=O)c12. The highest BCUT2D eigenvalue weighted by atomic mass is 19.1. The maximum atomic E-state index is 13.4. The van der Waals surface area contributed by atoms with Crippen LogP contribution in [0.5, 0.6) is 0 Å². The zero-order valence-electron chi connectivity index (χ0n) is 15.6. The monoisotopic (exact) mass is 397 g/mol. The lowest BCUT2D eigenvalue weighted by atomic mass is 10.2. The van der Waals surface area contributed by atoms with Gasteiger partial charge in [0.05, 0.1) is 18.8 Å². The average Bonchev–Trinajstić information content (AvgIpc) is 3.28. The number of nitrogens with zero attached hydrogens (tertiary/aromatic N) is 3. The molecule has 9 heteroatoms. The van der Waals surface area contributed by atoms with Crippen LogP contribution in [0.1, 0.15) is 28.7 Å². The van der Waals surface area contributed by atoms with Crippen molar-refractivity contribution in [2.45, 2.75) is 20.4 Å². The van der Waals surface area contributed by atoms with E-state index in [9.17, 15) is 14.0 Å². The van der Waals surface area contributed by atoms with Gasteiger partial charge < -0.3 is 13.6 Å². The molecule has 0 aliphatic carbocycles. The number of aryl methyl sites for hydroxylation is 1. The van der Waals surface area contributed by atoms with Crippen molar-refractivity contribution in [2.24, 2.45) is 0 Å². The molecule has 0 aliphatic heterocycles. The number of hydrogen-bond donors (Lipinski definition) is 0. The molecule has 0 unspecified atom stereocenters. The summed E-state index contributed by atoms with van der Waals surface area (Å²) in [5.74, 6) is -0.561. The van der Waals surface area contributed by atoms with Crippen molar-refractivity contribution in [1.29, 1.82) is 0 Å². The summed E-state index contributed by atoms with van der Waals surface area (Å²) in [5, 5.41) is 0.0531. The third kappa shape index (κ3) is 3.42. The molecule has 0 radical (unpaired) electrons. The lowest BCUT2D eigenvalue weighted by Gasteiger charge is -2.03. The molecule has 0 saturated heterocycles. The average molecular weight is 397 g/mol. The van der Waals surface area contributed by atoms with Crippen LogP contribution in [0.25, 0.3) is 22.6 Å². The first-order chi connectivity index (χ1) is 14.0. The Morgan fingerprint density at radius 3 is 2.93 bits per heavy atom. The van der Waals surface area contributed by atoms with Crippen molar-refractivity contribution in [3.8, 4) is 11.5 Å².